The molecule has 0 aliphatic heterocycles. The molecule has 1 N–H and O–H groups in total. The maximum atomic E-state index is 13.1. The first-order chi connectivity index (χ1) is 13.6. The molecule has 1 aliphatic carbocycles. The molecule has 0 spiro atoms. The lowest BCUT2D eigenvalue weighted by atomic mass is 9.91. The maximum absolute atomic E-state index is 13.1. The lowest BCUT2D eigenvalue weighted by Crippen LogP contribution is -2.11. The van der Waals surface area contributed by atoms with Crippen molar-refractivity contribution in [2.75, 3.05) is 0 Å². The van der Waals surface area contributed by atoms with Gasteiger partial charge in [0.2, 0.25) is 11.1 Å². The molecule has 0 radical (unpaired) electrons. The van der Waals surface area contributed by atoms with Crippen LogP contribution in [0.1, 0.15) is 22.5 Å². The topological polar surface area (TPSA) is 84.7 Å². The molecule has 0 bridgehead atoms. The number of nitrogens with one attached hydrogen (secondary N) is 1. The Kier molecular flexibility index (Phi) is 2.91. The molecule has 0 atom stereocenters. The highest BCUT2D eigenvalue weighted by molar-refractivity contribution is 5.92. The first-order valence-corrected chi connectivity index (χ1v) is 9.30. The van der Waals surface area contributed by atoms with Gasteiger partial charge in [0.25, 0.3) is 0 Å². The molecule has 4 heterocycles. The quantitative estimate of drug-likeness (QED) is 0.418. The molecule has 0 saturated heterocycles. The molecule has 136 valence electrons. The van der Waals surface area contributed by atoms with Gasteiger partial charge in [-0.2, -0.15) is 5.10 Å². The van der Waals surface area contributed by atoms with E-state index >= 15 is 0 Å². The van der Waals surface area contributed by atoms with Crippen molar-refractivity contribution < 1.29 is 4.42 Å². The monoisotopic (exact) mass is 368 g/mol. The smallest absolute Gasteiger partial charge is 0.230 e. The van der Waals surface area contributed by atoms with Crippen molar-refractivity contribution in [3.8, 4) is 11.3 Å². The third-order valence-electron chi connectivity index (χ3n) is 5.60. The summed E-state index contributed by atoms with van der Waals surface area (Å²) in [7, 11) is 0. The Morgan fingerprint density at radius 2 is 1.89 bits per heavy atom. The predicted molar refractivity (Wildman–Crippen MR) is 108 cm³/mol. The summed E-state index contributed by atoms with van der Waals surface area (Å²) >= 11 is 0. The van der Waals surface area contributed by atoms with Crippen LogP contribution in [-0.4, -0.2) is 20.2 Å². The minimum absolute atomic E-state index is 0.0564. The normalized spacial score (nSPS) is 13.2. The molecule has 1 aliphatic rings. The van der Waals surface area contributed by atoms with Gasteiger partial charge in [0.05, 0.1) is 22.2 Å². The number of H-pyrrole nitrogens is 1. The number of fused-ring (bicyclic) bond motifs is 6. The molecule has 0 saturated carbocycles. The molecule has 6 rings (SSSR count). The first kappa shape index (κ1) is 15.5. The number of pyridine rings is 2. The fourth-order valence-corrected chi connectivity index (χ4v) is 4.11. The van der Waals surface area contributed by atoms with E-state index in [1.165, 1.54) is 0 Å². The number of hydrogen-bond acceptors (Lipinski definition) is 5. The van der Waals surface area contributed by atoms with Gasteiger partial charge in [0, 0.05) is 16.6 Å². The minimum atomic E-state index is -0.0564. The number of aromatic nitrogens is 4. The number of aromatic amines is 1. The Balaban J connectivity index is 1.69. The Morgan fingerprint density at radius 1 is 1.00 bits per heavy atom. The van der Waals surface area contributed by atoms with Crippen LogP contribution >= 0.6 is 0 Å². The van der Waals surface area contributed by atoms with Crippen molar-refractivity contribution in [1.82, 2.24) is 20.2 Å². The molecule has 0 unspecified atom stereocenters. The van der Waals surface area contributed by atoms with Crippen molar-refractivity contribution in [2.24, 2.45) is 0 Å². The Labute approximate surface area is 159 Å². The van der Waals surface area contributed by atoms with Crippen LogP contribution in [0.4, 0.5) is 0 Å². The molecule has 0 amide bonds. The standard InChI is InChI=1S/C22H16N4O2/c1-10-3-6-18-15(7-10)20(27)16-9-14-17(23-22(16)28-18)5-4-12-8-13-11(2)25-26-21(13)24-19(12)14/h3,6-9H,4-5H2,1-2H3,(H,24,25,26). The summed E-state index contributed by atoms with van der Waals surface area (Å²) in [5, 5.41) is 9.40. The zero-order valence-electron chi connectivity index (χ0n) is 15.5. The molecule has 4 aromatic heterocycles. The van der Waals surface area contributed by atoms with Gasteiger partial charge >= 0.3 is 0 Å². The highest BCUT2D eigenvalue weighted by Gasteiger charge is 2.23. The fraction of sp³-hybridized carbons (Fsp3) is 0.182. The zero-order chi connectivity index (χ0) is 19.0. The van der Waals surface area contributed by atoms with Gasteiger partial charge in [-0.25, -0.2) is 9.97 Å². The van der Waals surface area contributed by atoms with Gasteiger partial charge < -0.3 is 4.42 Å². The molecule has 1 aromatic carbocycles. The third kappa shape index (κ3) is 2.03. The van der Waals surface area contributed by atoms with Crippen LogP contribution < -0.4 is 5.43 Å². The van der Waals surface area contributed by atoms with E-state index in [9.17, 15) is 4.79 Å². The average Bonchev–Trinajstić information content (AvgIpc) is 3.06. The maximum Gasteiger partial charge on any atom is 0.230 e. The van der Waals surface area contributed by atoms with E-state index in [1.807, 2.05) is 38.1 Å². The summed E-state index contributed by atoms with van der Waals surface area (Å²) < 4.78 is 5.96. The summed E-state index contributed by atoms with van der Waals surface area (Å²) in [6.07, 6.45) is 1.64. The second-order valence-electron chi connectivity index (χ2n) is 7.48. The van der Waals surface area contributed by atoms with Gasteiger partial charge in [-0.15, -0.1) is 0 Å². The van der Waals surface area contributed by atoms with E-state index in [2.05, 4.69) is 16.3 Å². The highest BCUT2D eigenvalue weighted by atomic mass is 16.3. The van der Waals surface area contributed by atoms with Gasteiger partial charge in [-0.05, 0) is 56.5 Å². The SMILES string of the molecule is Cc1ccc2oc3nc4c(cc3c(=O)c2c1)-c1nc2n[nH]c(C)c2cc1CC4. The molecule has 6 nitrogen and oxygen atoms in total. The van der Waals surface area contributed by atoms with Crippen LogP contribution in [0.3, 0.4) is 0 Å². The number of hydrogen-bond donors (Lipinski definition) is 1. The fourth-order valence-electron chi connectivity index (χ4n) is 4.11. The molecule has 0 fully saturated rings. The Hall–Kier alpha value is -3.54. The van der Waals surface area contributed by atoms with Gasteiger partial charge in [-0.1, -0.05) is 11.6 Å². The number of benzene rings is 1. The summed E-state index contributed by atoms with van der Waals surface area (Å²) in [5.74, 6) is 0. The molecule has 5 aromatic rings. The van der Waals surface area contributed by atoms with Crippen LogP contribution in [0.15, 0.2) is 39.5 Å². The van der Waals surface area contributed by atoms with Crippen LogP contribution in [0.25, 0.3) is 44.4 Å². The van der Waals surface area contributed by atoms with Crippen molar-refractivity contribution in [1.29, 1.82) is 0 Å². The van der Waals surface area contributed by atoms with Crippen molar-refractivity contribution in [3.05, 3.63) is 63.1 Å². The average molecular weight is 368 g/mol. The molecule has 6 heteroatoms. The second kappa shape index (κ2) is 5.25. The van der Waals surface area contributed by atoms with E-state index in [0.29, 0.717) is 27.7 Å². The van der Waals surface area contributed by atoms with Gasteiger partial charge in [0.15, 0.2) is 5.65 Å². The van der Waals surface area contributed by atoms with Crippen LogP contribution in [0.5, 0.6) is 0 Å². The lowest BCUT2D eigenvalue weighted by Gasteiger charge is -2.18. The van der Waals surface area contributed by atoms with E-state index < -0.39 is 0 Å². The minimum Gasteiger partial charge on any atom is -0.437 e. The Morgan fingerprint density at radius 3 is 2.79 bits per heavy atom. The Bertz CT molecular complexity index is 1510. The zero-order valence-corrected chi connectivity index (χ0v) is 15.5. The second-order valence-corrected chi connectivity index (χ2v) is 7.48. The van der Waals surface area contributed by atoms with Gasteiger partial charge in [0.1, 0.15) is 5.58 Å². The summed E-state index contributed by atoms with van der Waals surface area (Å²) in [6.45, 7) is 3.96. The number of nitrogens with zero attached hydrogens (tertiary/aromatic N) is 3. The number of rotatable bonds is 0. The number of aryl methyl sites for hydroxylation is 4. The van der Waals surface area contributed by atoms with E-state index in [-0.39, 0.29) is 5.43 Å². The lowest BCUT2D eigenvalue weighted by molar-refractivity contribution is 0.641. The molecule has 28 heavy (non-hydrogen) atoms. The largest absolute Gasteiger partial charge is 0.437 e. The summed E-state index contributed by atoms with van der Waals surface area (Å²) in [4.78, 5) is 22.6. The highest BCUT2D eigenvalue weighted by Crippen LogP contribution is 2.35. The van der Waals surface area contributed by atoms with E-state index in [4.69, 9.17) is 14.4 Å². The van der Waals surface area contributed by atoms with Gasteiger partial charge in [-0.3, -0.25) is 9.89 Å². The van der Waals surface area contributed by atoms with Crippen molar-refractivity contribution in [2.45, 2.75) is 26.7 Å². The van der Waals surface area contributed by atoms with E-state index in [1.54, 1.807) is 0 Å². The van der Waals surface area contributed by atoms with Crippen LogP contribution in [0, 0.1) is 13.8 Å². The van der Waals surface area contributed by atoms with Crippen LogP contribution in [-0.2, 0) is 12.8 Å². The van der Waals surface area contributed by atoms with Crippen molar-refractivity contribution >= 4 is 33.1 Å². The summed E-state index contributed by atoms with van der Waals surface area (Å²) in [5.41, 5.74) is 7.45. The van der Waals surface area contributed by atoms with E-state index in [0.717, 1.165) is 52.0 Å². The molecular weight excluding hydrogens is 352 g/mol. The van der Waals surface area contributed by atoms with Crippen molar-refractivity contribution in [3.63, 3.8) is 0 Å². The van der Waals surface area contributed by atoms with Crippen LogP contribution in [0.2, 0.25) is 0 Å². The summed E-state index contributed by atoms with van der Waals surface area (Å²) in [6, 6.07) is 9.67. The first-order valence-electron chi connectivity index (χ1n) is 9.30. The predicted octanol–water partition coefficient (Wildman–Crippen LogP) is 3.99. The molecular formula is C22H16N4O2. The third-order valence-corrected chi connectivity index (χ3v) is 5.60.